The molecule has 2 atom stereocenters. The van der Waals surface area contributed by atoms with Crippen LogP contribution in [0.4, 0.5) is 0 Å². The summed E-state index contributed by atoms with van der Waals surface area (Å²) in [7, 11) is 2.17. The molecule has 84 valence electrons. The minimum absolute atomic E-state index is 0.121. The van der Waals surface area contributed by atoms with Gasteiger partial charge in [-0.05, 0) is 26.4 Å². The molecule has 1 aliphatic rings. The summed E-state index contributed by atoms with van der Waals surface area (Å²) < 4.78 is 0. The summed E-state index contributed by atoms with van der Waals surface area (Å²) in [6, 6.07) is 0.497. The Morgan fingerprint density at radius 1 is 1.43 bits per heavy atom. The first-order valence-corrected chi connectivity index (χ1v) is 5.82. The number of likely N-dealkylation sites (N-methyl/N-ethyl adjacent to an activating group) is 1. The molecule has 2 N–H and O–H groups in total. The summed E-state index contributed by atoms with van der Waals surface area (Å²) in [6.45, 7) is 5.26. The van der Waals surface area contributed by atoms with Crippen LogP contribution in [0.5, 0.6) is 0 Å². The number of hydrogen-bond acceptors (Lipinski definition) is 3. The van der Waals surface area contributed by atoms with Crippen molar-refractivity contribution in [3.05, 3.63) is 0 Å². The van der Waals surface area contributed by atoms with E-state index in [1.807, 2.05) is 0 Å². The van der Waals surface area contributed by atoms with E-state index < -0.39 is 0 Å². The van der Waals surface area contributed by atoms with Crippen LogP contribution >= 0.6 is 0 Å². The largest absolute Gasteiger partial charge is 0.392 e. The molecule has 1 fully saturated rings. The molecule has 2 unspecified atom stereocenters. The van der Waals surface area contributed by atoms with Gasteiger partial charge in [0.05, 0.1) is 6.10 Å². The monoisotopic (exact) mass is 200 g/mol. The van der Waals surface area contributed by atoms with Crippen LogP contribution in [0.1, 0.15) is 32.6 Å². The normalized spacial score (nSPS) is 27.4. The molecule has 0 aliphatic carbocycles. The van der Waals surface area contributed by atoms with E-state index in [0.717, 1.165) is 19.5 Å². The van der Waals surface area contributed by atoms with Gasteiger partial charge in [-0.2, -0.15) is 0 Å². The van der Waals surface area contributed by atoms with Crippen LogP contribution in [0, 0.1) is 0 Å². The molecular formula is C11H24N2O. The average Bonchev–Trinajstić information content (AvgIpc) is 2.52. The van der Waals surface area contributed by atoms with E-state index in [9.17, 15) is 5.11 Å². The highest BCUT2D eigenvalue weighted by Gasteiger charge is 2.22. The molecule has 0 saturated carbocycles. The molecule has 3 nitrogen and oxygen atoms in total. The fourth-order valence-electron chi connectivity index (χ4n) is 2.04. The third-order valence-electron chi connectivity index (χ3n) is 2.87. The van der Waals surface area contributed by atoms with Gasteiger partial charge in [0.2, 0.25) is 0 Å². The second-order valence-corrected chi connectivity index (χ2v) is 4.46. The predicted molar refractivity (Wildman–Crippen MR) is 59.4 cm³/mol. The molecule has 1 saturated heterocycles. The highest BCUT2D eigenvalue weighted by molar-refractivity contribution is 4.82. The SMILES string of the molecule is CCCCCN(C)CC1CC(O)CN1. The fourth-order valence-corrected chi connectivity index (χ4v) is 2.04. The van der Waals surface area contributed by atoms with E-state index in [1.165, 1.54) is 25.8 Å². The minimum Gasteiger partial charge on any atom is -0.392 e. The van der Waals surface area contributed by atoms with Gasteiger partial charge < -0.3 is 15.3 Å². The number of β-amino-alcohol motifs (C(OH)–C–C–N with tert-alkyl or cyclic N) is 1. The minimum atomic E-state index is -0.121. The first-order chi connectivity index (χ1) is 6.72. The smallest absolute Gasteiger partial charge is 0.0680 e. The molecular weight excluding hydrogens is 176 g/mol. The fraction of sp³-hybridized carbons (Fsp3) is 1.00. The summed E-state index contributed by atoms with van der Waals surface area (Å²) >= 11 is 0. The van der Waals surface area contributed by atoms with E-state index in [4.69, 9.17) is 0 Å². The lowest BCUT2D eigenvalue weighted by atomic mass is 10.2. The Morgan fingerprint density at radius 3 is 2.79 bits per heavy atom. The van der Waals surface area contributed by atoms with Gasteiger partial charge in [-0.25, -0.2) is 0 Å². The molecule has 1 rings (SSSR count). The van der Waals surface area contributed by atoms with Crippen molar-refractivity contribution in [2.45, 2.75) is 44.8 Å². The molecule has 1 aliphatic heterocycles. The van der Waals surface area contributed by atoms with E-state index in [-0.39, 0.29) is 6.10 Å². The first-order valence-electron chi connectivity index (χ1n) is 5.82. The Labute approximate surface area is 87.5 Å². The van der Waals surface area contributed by atoms with Crippen LogP contribution in [-0.4, -0.2) is 48.8 Å². The van der Waals surface area contributed by atoms with E-state index in [1.54, 1.807) is 0 Å². The second-order valence-electron chi connectivity index (χ2n) is 4.46. The van der Waals surface area contributed by atoms with Crippen molar-refractivity contribution in [1.82, 2.24) is 10.2 Å². The molecule has 0 aromatic rings. The Hall–Kier alpha value is -0.120. The molecule has 0 spiro atoms. The third-order valence-corrected chi connectivity index (χ3v) is 2.87. The molecule has 1 heterocycles. The molecule has 0 aromatic carbocycles. The van der Waals surface area contributed by atoms with Crippen LogP contribution in [0.25, 0.3) is 0 Å². The van der Waals surface area contributed by atoms with Crippen LogP contribution in [0.3, 0.4) is 0 Å². The van der Waals surface area contributed by atoms with Crippen molar-refractivity contribution >= 4 is 0 Å². The average molecular weight is 200 g/mol. The number of rotatable bonds is 6. The molecule has 0 bridgehead atoms. The zero-order chi connectivity index (χ0) is 10.4. The van der Waals surface area contributed by atoms with Crippen molar-refractivity contribution < 1.29 is 5.11 Å². The predicted octanol–water partition coefficient (Wildman–Crippen LogP) is 0.831. The number of aliphatic hydroxyl groups is 1. The number of unbranched alkanes of at least 4 members (excludes halogenated alkanes) is 2. The molecule has 0 aromatic heterocycles. The van der Waals surface area contributed by atoms with Gasteiger partial charge >= 0.3 is 0 Å². The summed E-state index contributed by atoms with van der Waals surface area (Å²) in [5, 5.41) is 12.7. The first kappa shape index (κ1) is 12.0. The molecule has 0 radical (unpaired) electrons. The number of hydrogen-bond donors (Lipinski definition) is 2. The topological polar surface area (TPSA) is 35.5 Å². The lowest BCUT2D eigenvalue weighted by Crippen LogP contribution is -2.35. The number of aliphatic hydroxyl groups excluding tert-OH is 1. The van der Waals surface area contributed by atoms with Gasteiger partial charge in [-0.3, -0.25) is 0 Å². The van der Waals surface area contributed by atoms with Gasteiger partial charge in [-0.15, -0.1) is 0 Å². The maximum atomic E-state index is 9.35. The lowest BCUT2D eigenvalue weighted by molar-refractivity contribution is 0.189. The zero-order valence-electron chi connectivity index (χ0n) is 9.50. The number of nitrogens with one attached hydrogen (secondary N) is 1. The van der Waals surface area contributed by atoms with Crippen LogP contribution in [0.2, 0.25) is 0 Å². The van der Waals surface area contributed by atoms with Crippen LogP contribution < -0.4 is 5.32 Å². The standard InChI is InChI=1S/C11H24N2O/c1-3-4-5-6-13(2)9-10-7-11(14)8-12-10/h10-12,14H,3-9H2,1-2H3. The summed E-state index contributed by atoms with van der Waals surface area (Å²) in [5.41, 5.74) is 0. The maximum Gasteiger partial charge on any atom is 0.0680 e. The van der Waals surface area contributed by atoms with Crippen LogP contribution in [0.15, 0.2) is 0 Å². The Balaban J connectivity index is 2.05. The van der Waals surface area contributed by atoms with E-state index >= 15 is 0 Å². The van der Waals surface area contributed by atoms with E-state index in [0.29, 0.717) is 6.04 Å². The summed E-state index contributed by atoms with van der Waals surface area (Å²) in [5.74, 6) is 0. The Bertz CT molecular complexity index is 152. The third kappa shape index (κ3) is 4.40. The van der Waals surface area contributed by atoms with Crippen molar-refractivity contribution in [2.24, 2.45) is 0 Å². The molecule has 3 heteroatoms. The second kappa shape index (κ2) is 6.38. The summed E-state index contributed by atoms with van der Waals surface area (Å²) in [6.07, 6.45) is 4.70. The molecule has 0 amide bonds. The Kier molecular flexibility index (Phi) is 5.45. The van der Waals surface area contributed by atoms with E-state index in [2.05, 4.69) is 24.2 Å². The van der Waals surface area contributed by atoms with Crippen molar-refractivity contribution in [2.75, 3.05) is 26.7 Å². The molecule has 14 heavy (non-hydrogen) atoms. The zero-order valence-corrected chi connectivity index (χ0v) is 9.50. The lowest BCUT2D eigenvalue weighted by Gasteiger charge is -2.20. The van der Waals surface area contributed by atoms with Gasteiger partial charge in [0.25, 0.3) is 0 Å². The highest BCUT2D eigenvalue weighted by Crippen LogP contribution is 2.07. The van der Waals surface area contributed by atoms with Crippen LogP contribution in [-0.2, 0) is 0 Å². The number of nitrogens with zero attached hydrogens (tertiary/aromatic N) is 1. The highest BCUT2D eigenvalue weighted by atomic mass is 16.3. The van der Waals surface area contributed by atoms with Crippen molar-refractivity contribution in [3.8, 4) is 0 Å². The summed E-state index contributed by atoms with van der Waals surface area (Å²) in [4.78, 5) is 2.37. The van der Waals surface area contributed by atoms with Gasteiger partial charge in [0.1, 0.15) is 0 Å². The maximum absolute atomic E-state index is 9.35. The van der Waals surface area contributed by atoms with Gasteiger partial charge in [0, 0.05) is 19.1 Å². The van der Waals surface area contributed by atoms with Gasteiger partial charge in [0.15, 0.2) is 0 Å². The quantitative estimate of drug-likeness (QED) is 0.623. The van der Waals surface area contributed by atoms with Gasteiger partial charge in [-0.1, -0.05) is 19.8 Å². The van der Waals surface area contributed by atoms with Crippen molar-refractivity contribution in [1.29, 1.82) is 0 Å². The Morgan fingerprint density at radius 2 is 2.21 bits per heavy atom. The van der Waals surface area contributed by atoms with Crippen molar-refractivity contribution in [3.63, 3.8) is 0 Å².